The Bertz CT molecular complexity index is 310. The molecule has 1 rings (SSSR count). The predicted molar refractivity (Wildman–Crippen MR) is 64.9 cm³/mol. The van der Waals surface area contributed by atoms with E-state index in [2.05, 4.69) is 29.8 Å². The number of hydrogen-bond donors (Lipinski definition) is 2. The Morgan fingerprint density at radius 3 is 2.57 bits per heavy atom. The standard InChI is InChI=1S/C11H17BrN2/c1-7(2)5-11(14)9-6-8(12)3-4-10(9)13/h3-4,6-7,11H,5,13-14H2,1-2H3. The van der Waals surface area contributed by atoms with Crippen molar-refractivity contribution < 1.29 is 0 Å². The largest absolute Gasteiger partial charge is 0.398 e. The van der Waals surface area contributed by atoms with Crippen molar-refractivity contribution in [3.63, 3.8) is 0 Å². The van der Waals surface area contributed by atoms with E-state index in [0.717, 1.165) is 22.1 Å². The van der Waals surface area contributed by atoms with Gasteiger partial charge in [0, 0.05) is 16.2 Å². The number of halogens is 1. The molecule has 0 saturated carbocycles. The van der Waals surface area contributed by atoms with Crippen molar-refractivity contribution >= 4 is 21.6 Å². The molecule has 0 saturated heterocycles. The Kier molecular flexibility index (Phi) is 3.96. The second-order valence-electron chi connectivity index (χ2n) is 4.01. The highest BCUT2D eigenvalue weighted by molar-refractivity contribution is 9.10. The highest BCUT2D eigenvalue weighted by atomic mass is 79.9. The Hall–Kier alpha value is -0.540. The maximum atomic E-state index is 6.06. The summed E-state index contributed by atoms with van der Waals surface area (Å²) in [4.78, 5) is 0. The molecule has 2 nitrogen and oxygen atoms in total. The lowest BCUT2D eigenvalue weighted by atomic mass is 9.97. The van der Waals surface area contributed by atoms with Gasteiger partial charge in [-0.25, -0.2) is 0 Å². The molecule has 14 heavy (non-hydrogen) atoms. The Morgan fingerprint density at radius 1 is 1.36 bits per heavy atom. The molecule has 78 valence electrons. The van der Waals surface area contributed by atoms with Gasteiger partial charge in [-0.05, 0) is 36.1 Å². The third kappa shape index (κ3) is 3.00. The molecule has 0 spiro atoms. The van der Waals surface area contributed by atoms with Crippen LogP contribution in [0.4, 0.5) is 5.69 Å². The average molecular weight is 257 g/mol. The van der Waals surface area contributed by atoms with Crippen molar-refractivity contribution in [1.29, 1.82) is 0 Å². The van der Waals surface area contributed by atoms with Gasteiger partial charge < -0.3 is 11.5 Å². The molecule has 0 aliphatic heterocycles. The van der Waals surface area contributed by atoms with Gasteiger partial charge in [0.25, 0.3) is 0 Å². The van der Waals surface area contributed by atoms with E-state index in [4.69, 9.17) is 11.5 Å². The monoisotopic (exact) mass is 256 g/mol. The first-order chi connectivity index (χ1) is 6.50. The maximum absolute atomic E-state index is 6.06. The number of nitrogens with two attached hydrogens (primary N) is 2. The molecule has 4 N–H and O–H groups in total. The molecule has 0 heterocycles. The van der Waals surface area contributed by atoms with Crippen LogP contribution in [0.25, 0.3) is 0 Å². The van der Waals surface area contributed by atoms with Crippen LogP contribution in [0.2, 0.25) is 0 Å². The van der Waals surface area contributed by atoms with Crippen LogP contribution in [-0.4, -0.2) is 0 Å². The molecule has 0 aliphatic rings. The van der Waals surface area contributed by atoms with E-state index in [1.54, 1.807) is 0 Å². The van der Waals surface area contributed by atoms with Gasteiger partial charge in [0.1, 0.15) is 0 Å². The number of benzene rings is 1. The second-order valence-corrected chi connectivity index (χ2v) is 4.92. The van der Waals surface area contributed by atoms with Crippen LogP contribution in [0.15, 0.2) is 22.7 Å². The van der Waals surface area contributed by atoms with E-state index < -0.39 is 0 Å². The van der Waals surface area contributed by atoms with Gasteiger partial charge in [-0.1, -0.05) is 29.8 Å². The zero-order valence-corrected chi connectivity index (χ0v) is 10.2. The van der Waals surface area contributed by atoms with Crippen molar-refractivity contribution in [2.75, 3.05) is 5.73 Å². The number of nitrogen functional groups attached to an aromatic ring is 1. The van der Waals surface area contributed by atoms with Gasteiger partial charge in [0.2, 0.25) is 0 Å². The van der Waals surface area contributed by atoms with Crippen LogP contribution in [0.1, 0.15) is 31.9 Å². The van der Waals surface area contributed by atoms with Crippen LogP contribution in [0.3, 0.4) is 0 Å². The zero-order chi connectivity index (χ0) is 10.7. The summed E-state index contributed by atoms with van der Waals surface area (Å²) in [7, 11) is 0. The predicted octanol–water partition coefficient (Wildman–Crippen LogP) is 3.08. The summed E-state index contributed by atoms with van der Waals surface area (Å²) >= 11 is 3.42. The Balaban J connectivity index is 2.88. The molecule has 1 aromatic rings. The van der Waals surface area contributed by atoms with Gasteiger partial charge in [-0.3, -0.25) is 0 Å². The molecular weight excluding hydrogens is 240 g/mol. The van der Waals surface area contributed by atoms with E-state index >= 15 is 0 Å². The SMILES string of the molecule is CC(C)CC(N)c1cc(Br)ccc1N. The number of rotatable bonds is 3. The summed E-state index contributed by atoms with van der Waals surface area (Å²) in [6, 6.07) is 5.86. The highest BCUT2D eigenvalue weighted by Gasteiger charge is 2.11. The minimum atomic E-state index is 0.0347. The maximum Gasteiger partial charge on any atom is 0.0363 e. The van der Waals surface area contributed by atoms with E-state index in [1.165, 1.54) is 0 Å². The fraction of sp³-hybridized carbons (Fsp3) is 0.455. The van der Waals surface area contributed by atoms with E-state index in [9.17, 15) is 0 Å². The summed E-state index contributed by atoms with van der Waals surface area (Å²) in [6.07, 6.45) is 0.959. The van der Waals surface area contributed by atoms with Crippen LogP contribution >= 0.6 is 15.9 Å². The molecular formula is C11H17BrN2. The first-order valence-electron chi connectivity index (χ1n) is 4.81. The third-order valence-corrected chi connectivity index (χ3v) is 2.67. The van der Waals surface area contributed by atoms with Crippen LogP contribution in [-0.2, 0) is 0 Å². The molecule has 0 amide bonds. The molecule has 1 atom stereocenters. The summed E-state index contributed by atoms with van der Waals surface area (Å²) in [5.74, 6) is 0.586. The van der Waals surface area contributed by atoms with Crippen molar-refractivity contribution in [2.45, 2.75) is 26.3 Å². The van der Waals surface area contributed by atoms with Gasteiger partial charge in [0.05, 0.1) is 0 Å². The van der Waals surface area contributed by atoms with Gasteiger partial charge >= 0.3 is 0 Å². The van der Waals surface area contributed by atoms with Gasteiger partial charge in [-0.15, -0.1) is 0 Å². The number of anilines is 1. The summed E-state index contributed by atoms with van der Waals surface area (Å²) in [5.41, 5.74) is 13.7. The molecule has 1 unspecified atom stereocenters. The highest BCUT2D eigenvalue weighted by Crippen LogP contribution is 2.26. The summed E-state index contributed by atoms with van der Waals surface area (Å²) < 4.78 is 1.03. The lowest BCUT2D eigenvalue weighted by Crippen LogP contribution is -2.14. The van der Waals surface area contributed by atoms with Crippen LogP contribution in [0, 0.1) is 5.92 Å². The lowest BCUT2D eigenvalue weighted by molar-refractivity contribution is 0.511. The summed E-state index contributed by atoms with van der Waals surface area (Å²) in [5, 5.41) is 0. The molecule has 0 aliphatic carbocycles. The topological polar surface area (TPSA) is 52.0 Å². The quantitative estimate of drug-likeness (QED) is 0.817. The minimum absolute atomic E-state index is 0.0347. The fourth-order valence-electron chi connectivity index (χ4n) is 1.50. The van der Waals surface area contributed by atoms with E-state index in [0.29, 0.717) is 5.92 Å². The average Bonchev–Trinajstić information content (AvgIpc) is 2.08. The van der Waals surface area contributed by atoms with Crippen LogP contribution in [0.5, 0.6) is 0 Å². The second kappa shape index (κ2) is 4.80. The fourth-order valence-corrected chi connectivity index (χ4v) is 1.88. The smallest absolute Gasteiger partial charge is 0.0363 e. The molecule has 3 heteroatoms. The number of hydrogen-bond acceptors (Lipinski definition) is 2. The van der Waals surface area contributed by atoms with Crippen molar-refractivity contribution in [1.82, 2.24) is 0 Å². The molecule has 0 fully saturated rings. The first kappa shape index (κ1) is 11.5. The Morgan fingerprint density at radius 2 is 2.00 bits per heavy atom. The van der Waals surface area contributed by atoms with Gasteiger partial charge in [0.15, 0.2) is 0 Å². The Labute approximate surface area is 93.8 Å². The van der Waals surface area contributed by atoms with E-state index in [-0.39, 0.29) is 6.04 Å². The van der Waals surface area contributed by atoms with Crippen molar-refractivity contribution in [3.05, 3.63) is 28.2 Å². The molecule has 1 aromatic carbocycles. The molecule has 0 bridgehead atoms. The molecule has 0 radical (unpaired) electrons. The third-order valence-electron chi connectivity index (χ3n) is 2.17. The first-order valence-corrected chi connectivity index (χ1v) is 5.60. The zero-order valence-electron chi connectivity index (χ0n) is 8.63. The van der Waals surface area contributed by atoms with Gasteiger partial charge in [-0.2, -0.15) is 0 Å². The normalized spacial score (nSPS) is 13.2. The minimum Gasteiger partial charge on any atom is -0.398 e. The van der Waals surface area contributed by atoms with Crippen molar-refractivity contribution in [2.24, 2.45) is 11.7 Å². The summed E-state index contributed by atoms with van der Waals surface area (Å²) in [6.45, 7) is 4.32. The lowest BCUT2D eigenvalue weighted by Gasteiger charge is -2.16. The van der Waals surface area contributed by atoms with Crippen molar-refractivity contribution in [3.8, 4) is 0 Å². The van der Waals surface area contributed by atoms with Crippen LogP contribution < -0.4 is 11.5 Å². The van der Waals surface area contributed by atoms with E-state index in [1.807, 2.05) is 18.2 Å². The molecule has 0 aromatic heterocycles.